The monoisotopic (exact) mass is 282 g/mol. The minimum Gasteiger partial charge on any atom is -0.481 e. The molecule has 0 aromatic carbocycles. The first-order chi connectivity index (χ1) is 9.43. The summed E-state index contributed by atoms with van der Waals surface area (Å²) in [5.74, 6) is -0.0192. The summed E-state index contributed by atoms with van der Waals surface area (Å²) in [5, 5.41) is 9.80. The first-order valence-corrected chi connectivity index (χ1v) is 8.05. The SMILES string of the molecule is CC1CCCC(CN2CCCC2CN(C)C)(C(=O)O)C1. The van der Waals surface area contributed by atoms with Crippen molar-refractivity contribution in [1.82, 2.24) is 9.80 Å². The Morgan fingerprint density at radius 2 is 2.10 bits per heavy atom. The number of aliphatic carboxylic acids is 1. The van der Waals surface area contributed by atoms with Crippen molar-refractivity contribution < 1.29 is 9.90 Å². The lowest BCUT2D eigenvalue weighted by Gasteiger charge is -2.41. The van der Waals surface area contributed by atoms with E-state index in [0.29, 0.717) is 12.0 Å². The molecule has 1 heterocycles. The fourth-order valence-electron chi connectivity index (χ4n) is 4.19. The van der Waals surface area contributed by atoms with E-state index < -0.39 is 11.4 Å². The summed E-state index contributed by atoms with van der Waals surface area (Å²) < 4.78 is 0. The van der Waals surface area contributed by atoms with Crippen LogP contribution in [-0.2, 0) is 4.79 Å². The molecule has 20 heavy (non-hydrogen) atoms. The van der Waals surface area contributed by atoms with Gasteiger partial charge in [0.15, 0.2) is 0 Å². The minimum atomic E-state index is -0.570. The van der Waals surface area contributed by atoms with Crippen molar-refractivity contribution in [3.63, 3.8) is 0 Å². The maximum absolute atomic E-state index is 11.9. The molecule has 1 N–H and O–H groups in total. The molecule has 4 heteroatoms. The Bertz CT molecular complexity index is 345. The second-order valence-corrected chi connectivity index (χ2v) is 7.32. The third-order valence-corrected chi connectivity index (χ3v) is 5.13. The van der Waals surface area contributed by atoms with Crippen molar-refractivity contribution in [2.75, 3.05) is 33.7 Å². The Balaban J connectivity index is 2.06. The smallest absolute Gasteiger partial charge is 0.310 e. The topological polar surface area (TPSA) is 43.8 Å². The summed E-state index contributed by atoms with van der Waals surface area (Å²) in [7, 11) is 4.21. The first kappa shape index (κ1) is 15.8. The standard InChI is InChI=1S/C16H30N2O2/c1-13-6-4-8-16(10-13,15(19)20)12-18-9-5-7-14(18)11-17(2)3/h13-14H,4-12H2,1-3H3,(H,19,20). The predicted molar refractivity (Wildman–Crippen MR) is 80.8 cm³/mol. The van der Waals surface area contributed by atoms with Crippen molar-refractivity contribution in [2.45, 2.75) is 51.5 Å². The summed E-state index contributed by atoms with van der Waals surface area (Å²) in [4.78, 5) is 16.6. The van der Waals surface area contributed by atoms with E-state index in [2.05, 4.69) is 30.8 Å². The summed E-state index contributed by atoms with van der Waals surface area (Å²) >= 11 is 0. The van der Waals surface area contributed by atoms with Crippen LogP contribution in [0.25, 0.3) is 0 Å². The zero-order chi connectivity index (χ0) is 14.8. The number of carbonyl (C=O) groups is 1. The third-order valence-electron chi connectivity index (χ3n) is 5.13. The maximum atomic E-state index is 11.9. The molecule has 0 spiro atoms. The van der Waals surface area contributed by atoms with E-state index in [1.165, 1.54) is 19.3 Å². The number of hydrogen-bond acceptors (Lipinski definition) is 3. The average molecular weight is 282 g/mol. The zero-order valence-electron chi connectivity index (χ0n) is 13.3. The summed E-state index contributed by atoms with van der Waals surface area (Å²) in [5.41, 5.74) is -0.493. The van der Waals surface area contributed by atoms with E-state index in [0.717, 1.165) is 38.9 Å². The van der Waals surface area contributed by atoms with Crippen molar-refractivity contribution in [1.29, 1.82) is 0 Å². The molecule has 3 atom stereocenters. The van der Waals surface area contributed by atoms with Gasteiger partial charge in [-0.15, -0.1) is 0 Å². The number of rotatable bonds is 5. The van der Waals surface area contributed by atoms with Crippen molar-refractivity contribution in [2.24, 2.45) is 11.3 Å². The van der Waals surface area contributed by atoms with E-state index in [1.54, 1.807) is 0 Å². The molecular weight excluding hydrogens is 252 g/mol. The van der Waals surface area contributed by atoms with Gasteiger partial charge in [-0.05, 0) is 52.2 Å². The molecule has 0 aromatic heterocycles. The maximum Gasteiger partial charge on any atom is 0.310 e. The molecule has 0 radical (unpaired) electrons. The van der Waals surface area contributed by atoms with Gasteiger partial charge in [-0.2, -0.15) is 0 Å². The van der Waals surface area contributed by atoms with Gasteiger partial charge in [0.1, 0.15) is 0 Å². The van der Waals surface area contributed by atoms with Crippen LogP contribution < -0.4 is 0 Å². The Morgan fingerprint density at radius 1 is 1.35 bits per heavy atom. The minimum absolute atomic E-state index is 0.493. The molecular formula is C16H30N2O2. The zero-order valence-corrected chi connectivity index (χ0v) is 13.3. The lowest BCUT2D eigenvalue weighted by molar-refractivity contribution is -0.153. The van der Waals surface area contributed by atoms with Crippen molar-refractivity contribution in [3.05, 3.63) is 0 Å². The van der Waals surface area contributed by atoms with Crippen LogP contribution in [0.1, 0.15) is 45.4 Å². The van der Waals surface area contributed by atoms with Gasteiger partial charge in [0.2, 0.25) is 0 Å². The van der Waals surface area contributed by atoms with E-state index >= 15 is 0 Å². The van der Waals surface area contributed by atoms with Gasteiger partial charge in [0.05, 0.1) is 5.41 Å². The van der Waals surface area contributed by atoms with Gasteiger partial charge < -0.3 is 10.0 Å². The largest absolute Gasteiger partial charge is 0.481 e. The second-order valence-electron chi connectivity index (χ2n) is 7.32. The molecule has 116 valence electrons. The van der Waals surface area contributed by atoms with Gasteiger partial charge in [-0.3, -0.25) is 9.69 Å². The van der Waals surface area contributed by atoms with Crippen molar-refractivity contribution >= 4 is 5.97 Å². The number of nitrogens with zero attached hydrogens (tertiary/aromatic N) is 2. The molecule has 0 bridgehead atoms. The van der Waals surface area contributed by atoms with E-state index in [4.69, 9.17) is 0 Å². The van der Waals surface area contributed by atoms with Crippen LogP contribution in [0.5, 0.6) is 0 Å². The van der Waals surface area contributed by atoms with Crippen LogP contribution in [0.15, 0.2) is 0 Å². The van der Waals surface area contributed by atoms with Crippen LogP contribution in [0.3, 0.4) is 0 Å². The highest BCUT2D eigenvalue weighted by Crippen LogP contribution is 2.41. The Morgan fingerprint density at radius 3 is 2.70 bits per heavy atom. The predicted octanol–water partition coefficient (Wildman–Crippen LogP) is 2.29. The lowest BCUT2D eigenvalue weighted by Crippen LogP contribution is -2.49. The molecule has 1 aliphatic carbocycles. The molecule has 2 fully saturated rings. The molecule has 1 saturated heterocycles. The van der Waals surface area contributed by atoms with Gasteiger partial charge in [-0.25, -0.2) is 0 Å². The first-order valence-electron chi connectivity index (χ1n) is 8.05. The highest BCUT2D eigenvalue weighted by atomic mass is 16.4. The Hall–Kier alpha value is -0.610. The third kappa shape index (κ3) is 3.53. The van der Waals surface area contributed by atoms with Crippen LogP contribution in [-0.4, -0.2) is 60.6 Å². The van der Waals surface area contributed by atoms with Gasteiger partial charge in [0.25, 0.3) is 0 Å². The quantitative estimate of drug-likeness (QED) is 0.840. The van der Waals surface area contributed by atoms with Crippen LogP contribution >= 0.6 is 0 Å². The molecule has 1 saturated carbocycles. The van der Waals surface area contributed by atoms with Crippen LogP contribution in [0.4, 0.5) is 0 Å². The molecule has 2 rings (SSSR count). The van der Waals surface area contributed by atoms with Gasteiger partial charge in [-0.1, -0.05) is 19.8 Å². The molecule has 2 aliphatic rings. The summed E-state index contributed by atoms with van der Waals surface area (Å²) in [6.07, 6.45) is 6.40. The van der Waals surface area contributed by atoms with Gasteiger partial charge >= 0.3 is 5.97 Å². The van der Waals surface area contributed by atoms with Crippen molar-refractivity contribution in [3.8, 4) is 0 Å². The number of hydrogen-bond donors (Lipinski definition) is 1. The second kappa shape index (κ2) is 6.44. The average Bonchev–Trinajstić information content (AvgIpc) is 2.75. The molecule has 4 nitrogen and oxygen atoms in total. The number of likely N-dealkylation sites (tertiary alicyclic amines) is 1. The molecule has 1 aliphatic heterocycles. The lowest BCUT2D eigenvalue weighted by atomic mass is 9.69. The highest BCUT2D eigenvalue weighted by Gasteiger charge is 2.44. The number of carboxylic acid groups (broad SMARTS) is 1. The highest BCUT2D eigenvalue weighted by molar-refractivity contribution is 5.75. The Kier molecular flexibility index (Phi) is 5.08. The van der Waals surface area contributed by atoms with E-state index in [-0.39, 0.29) is 0 Å². The number of carboxylic acids is 1. The van der Waals surface area contributed by atoms with E-state index in [1.807, 2.05) is 0 Å². The summed E-state index contributed by atoms with van der Waals surface area (Å²) in [6, 6.07) is 0.540. The van der Waals surface area contributed by atoms with E-state index in [9.17, 15) is 9.90 Å². The fraction of sp³-hybridized carbons (Fsp3) is 0.938. The molecule has 3 unspecified atom stereocenters. The van der Waals surface area contributed by atoms with Gasteiger partial charge in [0, 0.05) is 19.1 Å². The molecule has 0 aromatic rings. The normalized spacial score (nSPS) is 35.6. The number of likely N-dealkylation sites (N-methyl/N-ethyl adjacent to an activating group) is 1. The molecule has 0 amide bonds. The summed E-state index contributed by atoms with van der Waals surface area (Å²) in [6.45, 7) is 5.08. The fourth-order valence-corrected chi connectivity index (χ4v) is 4.19. The Labute approximate surface area is 123 Å². The van der Waals surface area contributed by atoms with Crippen LogP contribution in [0.2, 0.25) is 0 Å². The van der Waals surface area contributed by atoms with Crippen LogP contribution in [0, 0.1) is 11.3 Å².